The number of anilines is 1. The lowest BCUT2D eigenvalue weighted by Crippen LogP contribution is -2.51. The van der Waals surface area contributed by atoms with E-state index in [1.54, 1.807) is 19.1 Å². The lowest BCUT2D eigenvalue weighted by atomic mass is 9.85. The van der Waals surface area contributed by atoms with Crippen molar-refractivity contribution in [1.29, 1.82) is 0 Å². The van der Waals surface area contributed by atoms with Crippen molar-refractivity contribution in [2.45, 2.75) is 38.8 Å². The zero-order valence-corrected chi connectivity index (χ0v) is 13.9. The molecule has 0 bridgehead atoms. The number of hydrogen-bond donors (Lipinski definition) is 2. The topological polar surface area (TPSA) is 105 Å². The van der Waals surface area contributed by atoms with Crippen LogP contribution in [-0.2, 0) is 4.79 Å². The summed E-state index contributed by atoms with van der Waals surface area (Å²) in [6, 6.07) is 5.24. The zero-order valence-electron chi connectivity index (χ0n) is 13.9. The maximum absolute atomic E-state index is 11.0. The van der Waals surface area contributed by atoms with Gasteiger partial charge in [-0.3, -0.25) is 19.8 Å². The number of hydrogen-bond acceptors (Lipinski definition) is 6. The summed E-state index contributed by atoms with van der Waals surface area (Å²) in [6.45, 7) is 4.85. The van der Waals surface area contributed by atoms with E-state index in [1.165, 1.54) is 6.07 Å². The van der Waals surface area contributed by atoms with E-state index >= 15 is 0 Å². The number of carboxylic acid groups (broad SMARTS) is 1. The predicted octanol–water partition coefficient (Wildman–Crippen LogP) is 2.34. The number of nitro benzene ring substituents is 1. The van der Waals surface area contributed by atoms with E-state index in [0.717, 1.165) is 18.5 Å². The number of likely N-dealkylation sites (N-methyl/N-ethyl adjacent to an activating group) is 1. The third kappa shape index (κ3) is 4.35. The molecule has 2 rings (SSSR count). The van der Waals surface area contributed by atoms with Gasteiger partial charge in [0, 0.05) is 29.9 Å². The Morgan fingerprint density at radius 2 is 2.17 bits per heavy atom. The van der Waals surface area contributed by atoms with E-state index in [-0.39, 0.29) is 30.1 Å². The third-order valence-electron chi connectivity index (χ3n) is 4.20. The molecule has 2 N–H and O–H groups in total. The third-order valence-corrected chi connectivity index (χ3v) is 4.20. The molecule has 0 aromatic heterocycles. The molecule has 1 aliphatic rings. The molecule has 0 radical (unpaired) electrons. The Kier molecular flexibility index (Phi) is 5.97. The minimum absolute atomic E-state index is 0.0486. The van der Waals surface area contributed by atoms with Crippen LogP contribution >= 0.6 is 0 Å². The average Bonchev–Trinajstić information content (AvgIpc) is 2.48. The molecule has 0 spiro atoms. The van der Waals surface area contributed by atoms with Crippen molar-refractivity contribution >= 4 is 17.3 Å². The zero-order chi connectivity index (χ0) is 17.7. The molecule has 0 saturated heterocycles. The highest BCUT2D eigenvalue weighted by Crippen LogP contribution is 2.33. The van der Waals surface area contributed by atoms with Crippen LogP contribution in [0, 0.1) is 10.1 Å². The number of carbonyl (C=O) groups is 1. The molecule has 0 aliphatic heterocycles. The molecule has 1 fully saturated rings. The molecule has 1 saturated carbocycles. The Morgan fingerprint density at radius 1 is 1.46 bits per heavy atom. The second-order valence-corrected chi connectivity index (χ2v) is 5.80. The van der Waals surface area contributed by atoms with Gasteiger partial charge in [-0.15, -0.1) is 0 Å². The quantitative estimate of drug-likeness (QED) is 0.526. The molecule has 1 aliphatic carbocycles. The van der Waals surface area contributed by atoms with E-state index in [4.69, 9.17) is 9.84 Å². The molecule has 0 heterocycles. The summed E-state index contributed by atoms with van der Waals surface area (Å²) >= 11 is 0. The van der Waals surface area contributed by atoms with Crippen molar-refractivity contribution in [1.82, 2.24) is 4.90 Å². The summed E-state index contributed by atoms with van der Waals surface area (Å²) < 4.78 is 5.34. The van der Waals surface area contributed by atoms with Gasteiger partial charge in [-0.1, -0.05) is 6.92 Å². The van der Waals surface area contributed by atoms with E-state index in [2.05, 4.69) is 5.32 Å². The number of ether oxygens (including phenoxy) is 1. The number of rotatable bonds is 9. The summed E-state index contributed by atoms with van der Waals surface area (Å²) in [4.78, 5) is 23.3. The minimum atomic E-state index is -0.815. The molecule has 8 nitrogen and oxygen atoms in total. The predicted molar refractivity (Wildman–Crippen MR) is 89.6 cm³/mol. The minimum Gasteiger partial charge on any atom is -0.487 e. The number of nitrogens with zero attached hydrogens (tertiary/aromatic N) is 2. The van der Waals surface area contributed by atoms with E-state index < -0.39 is 10.9 Å². The first-order valence-corrected chi connectivity index (χ1v) is 8.08. The molecule has 8 heteroatoms. The van der Waals surface area contributed by atoms with E-state index in [9.17, 15) is 14.9 Å². The Hall–Kier alpha value is -2.35. The highest BCUT2D eigenvalue weighted by Gasteiger charge is 2.33. The number of benzene rings is 1. The van der Waals surface area contributed by atoms with Gasteiger partial charge in [-0.25, -0.2) is 0 Å². The van der Waals surface area contributed by atoms with Crippen LogP contribution in [-0.4, -0.2) is 52.7 Å². The standard InChI is InChI=1S/C16H23N3O5/c1-3-18(10-16(20)21)13-7-12(8-13)17-11-5-6-14(19(22)23)15(9-11)24-4-2/h5-6,9,12-13,17H,3-4,7-8,10H2,1-2H3,(H,20,21). The Balaban J connectivity index is 1.95. The van der Waals surface area contributed by atoms with Crippen molar-refractivity contribution in [3.63, 3.8) is 0 Å². The van der Waals surface area contributed by atoms with Gasteiger partial charge in [-0.2, -0.15) is 0 Å². The Labute approximate surface area is 140 Å². The van der Waals surface area contributed by atoms with Gasteiger partial charge in [0.1, 0.15) is 0 Å². The monoisotopic (exact) mass is 337 g/mol. The van der Waals surface area contributed by atoms with Gasteiger partial charge in [-0.05, 0) is 32.4 Å². The average molecular weight is 337 g/mol. The molecule has 0 atom stereocenters. The van der Waals surface area contributed by atoms with Gasteiger partial charge in [0.15, 0.2) is 5.75 Å². The molecular weight excluding hydrogens is 314 g/mol. The summed E-state index contributed by atoms with van der Waals surface area (Å²) in [5, 5.41) is 23.2. The summed E-state index contributed by atoms with van der Waals surface area (Å²) in [5.41, 5.74) is 0.723. The maximum Gasteiger partial charge on any atom is 0.317 e. The van der Waals surface area contributed by atoms with Crippen LogP contribution in [0.5, 0.6) is 5.75 Å². The summed E-state index contributed by atoms with van der Waals surface area (Å²) in [7, 11) is 0. The van der Waals surface area contributed by atoms with Crippen molar-refractivity contribution in [2.75, 3.05) is 25.0 Å². The van der Waals surface area contributed by atoms with Crippen LogP contribution in [0.4, 0.5) is 11.4 Å². The largest absolute Gasteiger partial charge is 0.487 e. The lowest BCUT2D eigenvalue weighted by Gasteiger charge is -2.42. The normalized spacial score (nSPS) is 19.6. The lowest BCUT2D eigenvalue weighted by molar-refractivity contribution is -0.385. The fourth-order valence-corrected chi connectivity index (χ4v) is 2.94. The first-order chi connectivity index (χ1) is 11.4. The van der Waals surface area contributed by atoms with Crippen LogP contribution in [0.2, 0.25) is 0 Å². The first kappa shape index (κ1) is 18.0. The number of carboxylic acids is 1. The maximum atomic E-state index is 11.0. The Bertz CT molecular complexity index is 601. The highest BCUT2D eigenvalue weighted by molar-refractivity contribution is 5.69. The molecule has 1 aromatic carbocycles. The molecule has 0 unspecified atom stereocenters. The number of nitro groups is 1. The first-order valence-electron chi connectivity index (χ1n) is 8.08. The van der Waals surface area contributed by atoms with Gasteiger partial charge in [0.25, 0.3) is 0 Å². The van der Waals surface area contributed by atoms with Crippen molar-refractivity contribution in [3.05, 3.63) is 28.3 Å². The highest BCUT2D eigenvalue weighted by atomic mass is 16.6. The van der Waals surface area contributed by atoms with Crippen LogP contribution in [0.3, 0.4) is 0 Å². The fourth-order valence-electron chi connectivity index (χ4n) is 2.94. The van der Waals surface area contributed by atoms with Crippen LogP contribution in [0.1, 0.15) is 26.7 Å². The van der Waals surface area contributed by atoms with E-state index in [1.807, 2.05) is 11.8 Å². The van der Waals surface area contributed by atoms with Gasteiger partial charge < -0.3 is 15.2 Å². The van der Waals surface area contributed by atoms with Crippen LogP contribution in [0.15, 0.2) is 18.2 Å². The molecular formula is C16H23N3O5. The fraction of sp³-hybridized carbons (Fsp3) is 0.562. The SMILES string of the molecule is CCOc1cc(NC2CC(N(CC)CC(=O)O)C2)ccc1[N+](=O)[O-]. The molecule has 24 heavy (non-hydrogen) atoms. The summed E-state index contributed by atoms with van der Waals surface area (Å²) in [6.07, 6.45) is 1.70. The number of nitrogens with one attached hydrogen (secondary N) is 1. The van der Waals surface area contributed by atoms with Gasteiger partial charge >= 0.3 is 11.7 Å². The summed E-state index contributed by atoms with van der Waals surface area (Å²) in [5.74, 6) is -0.561. The van der Waals surface area contributed by atoms with Crippen molar-refractivity contribution in [2.24, 2.45) is 0 Å². The second kappa shape index (κ2) is 7.96. The van der Waals surface area contributed by atoms with Crippen molar-refractivity contribution in [3.8, 4) is 5.75 Å². The van der Waals surface area contributed by atoms with Crippen molar-refractivity contribution < 1.29 is 19.6 Å². The smallest absolute Gasteiger partial charge is 0.317 e. The Morgan fingerprint density at radius 3 is 2.71 bits per heavy atom. The van der Waals surface area contributed by atoms with Gasteiger partial charge in [0.2, 0.25) is 0 Å². The molecule has 1 aromatic rings. The second-order valence-electron chi connectivity index (χ2n) is 5.80. The number of aliphatic carboxylic acids is 1. The van der Waals surface area contributed by atoms with E-state index in [0.29, 0.717) is 13.2 Å². The van der Waals surface area contributed by atoms with Crippen LogP contribution in [0.25, 0.3) is 0 Å². The van der Waals surface area contributed by atoms with Crippen LogP contribution < -0.4 is 10.1 Å². The van der Waals surface area contributed by atoms with Gasteiger partial charge in [0.05, 0.1) is 18.1 Å². The molecule has 0 amide bonds. The molecule has 132 valence electrons.